The lowest BCUT2D eigenvalue weighted by Crippen LogP contribution is -2.44. The molecule has 0 atom stereocenters. The Labute approximate surface area is 200 Å². The van der Waals surface area contributed by atoms with Crippen molar-refractivity contribution >= 4 is 17.6 Å². The highest BCUT2D eigenvalue weighted by atomic mass is 19.1. The monoisotopic (exact) mass is 465 g/mol. The fourth-order valence-corrected chi connectivity index (χ4v) is 4.50. The highest BCUT2D eigenvalue weighted by molar-refractivity contribution is 5.80. The maximum atomic E-state index is 13.6. The third-order valence-corrected chi connectivity index (χ3v) is 6.26. The van der Waals surface area contributed by atoms with Crippen molar-refractivity contribution in [3.63, 3.8) is 0 Å². The van der Waals surface area contributed by atoms with Crippen LogP contribution < -0.4 is 24.4 Å². The van der Waals surface area contributed by atoms with Crippen LogP contribution in [0.15, 0.2) is 59.1 Å². The van der Waals surface area contributed by atoms with Gasteiger partial charge in [-0.3, -0.25) is 4.99 Å². The van der Waals surface area contributed by atoms with Gasteiger partial charge in [0, 0.05) is 36.5 Å². The molecule has 0 unspecified atom stereocenters. The number of halogens is 1. The highest BCUT2D eigenvalue weighted by Gasteiger charge is 2.23. The first-order chi connectivity index (χ1) is 16.6. The molecular weight excluding hydrogens is 433 g/mol. The first-order valence-electron chi connectivity index (χ1n) is 11.6. The molecule has 180 valence electrons. The molecule has 34 heavy (non-hydrogen) atoms. The molecule has 1 fully saturated rings. The molecule has 2 heterocycles. The number of nitrogens with one attached hydrogen (secondary N) is 1. The molecule has 0 saturated carbocycles. The van der Waals surface area contributed by atoms with E-state index in [2.05, 4.69) is 22.4 Å². The zero-order valence-corrected chi connectivity index (χ0v) is 20.0. The second-order valence-electron chi connectivity index (χ2n) is 8.36. The summed E-state index contributed by atoms with van der Waals surface area (Å²) in [7, 11) is 4.81. The zero-order valence-electron chi connectivity index (χ0n) is 20.0. The standard InChI is InChI=1S/C27H32FN3O3/c1-32-25-16-20(17-26(33-2)27(25)34-3)24-15-19(5-4-12-30-24)18-31(23-10-13-29-14-11-23)22-8-6-21(28)7-9-22/h5-9,12,15-17,23,29H,4,10-11,13-14,18H2,1-3H3. The Hall–Kier alpha value is -3.32. The van der Waals surface area contributed by atoms with Crippen LogP contribution in [0.1, 0.15) is 24.8 Å². The van der Waals surface area contributed by atoms with Gasteiger partial charge in [0.15, 0.2) is 11.5 Å². The molecule has 1 N–H and O–H groups in total. The van der Waals surface area contributed by atoms with Gasteiger partial charge in [-0.15, -0.1) is 0 Å². The summed E-state index contributed by atoms with van der Waals surface area (Å²) in [4.78, 5) is 7.10. The molecule has 4 rings (SSSR count). The van der Waals surface area contributed by atoms with Crippen molar-refractivity contribution in [2.24, 2.45) is 4.99 Å². The van der Waals surface area contributed by atoms with Crippen LogP contribution in [0.25, 0.3) is 5.70 Å². The van der Waals surface area contributed by atoms with Gasteiger partial charge < -0.3 is 24.4 Å². The molecule has 2 aliphatic heterocycles. The average Bonchev–Trinajstić information content (AvgIpc) is 3.13. The molecular formula is C27H32FN3O3. The van der Waals surface area contributed by atoms with Crippen molar-refractivity contribution in [1.82, 2.24) is 5.32 Å². The molecule has 0 bridgehead atoms. The Bertz CT molecular complexity index is 1050. The topological polar surface area (TPSA) is 55.3 Å². The molecule has 0 radical (unpaired) electrons. The van der Waals surface area contributed by atoms with Crippen LogP contribution in [-0.2, 0) is 0 Å². The summed E-state index contributed by atoms with van der Waals surface area (Å²) >= 11 is 0. The van der Waals surface area contributed by atoms with Crippen molar-refractivity contribution in [2.45, 2.75) is 25.3 Å². The van der Waals surface area contributed by atoms with E-state index in [0.717, 1.165) is 54.9 Å². The lowest BCUT2D eigenvalue weighted by atomic mass is 10.0. The summed E-state index contributed by atoms with van der Waals surface area (Å²) in [6, 6.07) is 11.0. The number of rotatable bonds is 8. The molecule has 7 heteroatoms. The van der Waals surface area contributed by atoms with E-state index in [-0.39, 0.29) is 5.82 Å². The number of hydrogen-bond donors (Lipinski definition) is 1. The molecule has 0 aromatic heterocycles. The second-order valence-corrected chi connectivity index (χ2v) is 8.36. The molecule has 0 amide bonds. The van der Waals surface area contributed by atoms with Crippen molar-refractivity contribution in [3.05, 3.63) is 65.5 Å². The lowest BCUT2D eigenvalue weighted by Gasteiger charge is -2.37. The summed E-state index contributed by atoms with van der Waals surface area (Å²) < 4.78 is 30.2. The van der Waals surface area contributed by atoms with Crippen LogP contribution in [-0.4, -0.2) is 53.2 Å². The first kappa shape index (κ1) is 23.8. The number of piperidine rings is 1. The van der Waals surface area contributed by atoms with E-state index in [1.54, 1.807) is 21.3 Å². The van der Waals surface area contributed by atoms with Gasteiger partial charge in [0.1, 0.15) is 5.82 Å². The van der Waals surface area contributed by atoms with Gasteiger partial charge >= 0.3 is 0 Å². The zero-order chi connectivity index (χ0) is 23.9. The summed E-state index contributed by atoms with van der Waals surface area (Å²) in [6.45, 7) is 2.68. The summed E-state index contributed by atoms with van der Waals surface area (Å²) in [5.74, 6) is 1.51. The molecule has 2 aromatic carbocycles. The Balaban J connectivity index is 1.67. The Kier molecular flexibility index (Phi) is 7.85. The van der Waals surface area contributed by atoms with Crippen LogP contribution in [0, 0.1) is 5.82 Å². The predicted molar refractivity (Wildman–Crippen MR) is 135 cm³/mol. The fraction of sp³-hybridized carbons (Fsp3) is 0.370. The van der Waals surface area contributed by atoms with Crippen LogP contribution in [0.5, 0.6) is 17.2 Å². The first-order valence-corrected chi connectivity index (χ1v) is 11.6. The van der Waals surface area contributed by atoms with E-state index in [1.807, 2.05) is 30.5 Å². The van der Waals surface area contributed by atoms with E-state index in [1.165, 1.54) is 12.1 Å². The molecule has 2 aliphatic rings. The van der Waals surface area contributed by atoms with Crippen molar-refractivity contribution in [3.8, 4) is 17.2 Å². The van der Waals surface area contributed by atoms with Gasteiger partial charge in [-0.05, 0) is 74.0 Å². The quantitative estimate of drug-likeness (QED) is 0.604. The third-order valence-electron chi connectivity index (χ3n) is 6.26. The smallest absolute Gasteiger partial charge is 0.203 e. The van der Waals surface area contributed by atoms with E-state index < -0.39 is 0 Å². The SMILES string of the molecule is COc1cc(C2=CC(CN(c3ccc(F)cc3)C3CCNCC3)=CCC=N2)cc(OC)c1OC. The number of allylic oxidation sites excluding steroid dienone is 1. The summed E-state index contributed by atoms with van der Waals surface area (Å²) in [6.07, 6.45) is 9.06. The molecule has 0 spiro atoms. The summed E-state index contributed by atoms with van der Waals surface area (Å²) in [5, 5.41) is 3.44. The Morgan fingerprint density at radius 1 is 1.00 bits per heavy atom. The largest absolute Gasteiger partial charge is 0.493 e. The Morgan fingerprint density at radius 3 is 2.29 bits per heavy atom. The van der Waals surface area contributed by atoms with Gasteiger partial charge in [0.2, 0.25) is 5.75 Å². The number of hydrogen-bond acceptors (Lipinski definition) is 6. The van der Waals surface area contributed by atoms with Gasteiger partial charge in [-0.2, -0.15) is 0 Å². The molecule has 0 aliphatic carbocycles. The lowest BCUT2D eigenvalue weighted by molar-refractivity contribution is 0.324. The maximum absolute atomic E-state index is 13.6. The van der Waals surface area contributed by atoms with Gasteiger partial charge in [0.05, 0.1) is 27.0 Å². The van der Waals surface area contributed by atoms with Crippen LogP contribution >= 0.6 is 0 Å². The second kappa shape index (κ2) is 11.2. The van der Waals surface area contributed by atoms with Crippen LogP contribution in [0.4, 0.5) is 10.1 Å². The third kappa shape index (κ3) is 5.42. The van der Waals surface area contributed by atoms with Gasteiger partial charge in [-0.1, -0.05) is 6.08 Å². The van der Waals surface area contributed by atoms with Crippen LogP contribution in [0.3, 0.4) is 0 Å². The van der Waals surface area contributed by atoms with Crippen molar-refractivity contribution in [2.75, 3.05) is 45.9 Å². The minimum Gasteiger partial charge on any atom is -0.493 e. The Morgan fingerprint density at radius 2 is 1.68 bits per heavy atom. The number of methoxy groups -OCH3 is 3. The van der Waals surface area contributed by atoms with E-state index in [4.69, 9.17) is 19.2 Å². The molecule has 1 saturated heterocycles. The number of aliphatic imine (C=N–C) groups is 1. The number of ether oxygens (including phenoxy) is 3. The number of benzene rings is 2. The number of nitrogens with zero attached hydrogens (tertiary/aromatic N) is 2. The highest BCUT2D eigenvalue weighted by Crippen LogP contribution is 2.40. The van der Waals surface area contributed by atoms with Crippen LogP contribution in [0.2, 0.25) is 0 Å². The van der Waals surface area contributed by atoms with Gasteiger partial charge in [0.25, 0.3) is 0 Å². The predicted octanol–water partition coefficient (Wildman–Crippen LogP) is 4.85. The van der Waals surface area contributed by atoms with Crippen molar-refractivity contribution < 1.29 is 18.6 Å². The molecule has 2 aromatic rings. The number of anilines is 1. The van der Waals surface area contributed by atoms with Gasteiger partial charge in [-0.25, -0.2) is 4.39 Å². The normalized spacial score (nSPS) is 16.4. The van der Waals surface area contributed by atoms with E-state index in [9.17, 15) is 4.39 Å². The maximum Gasteiger partial charge on any atom is 0.203 e. The van der Waals surface area contributed by atoms with Crippen molar-refractivity contribution in [1.29, 1.82) is 0 Å². The fourth-order valence-electron chi connectivity index (χ4n) is 4.50. The van der Waals surface area contributed by atoms with E-state index >= 15 is 0 Å². The average molecular weight is 466 g/mol. The summed E-state index contributed by atoms with van der Waals surface area (Å²) in [5.41, 5.74) is 3.90. The minimum atomic E-state index is -0.222. The minimum absolute atomic E-state index is 0.222. The van der Waals surface area contributed by atoms with E-state index in [0.29, 0.717) is 29.8 Å². The molecule has 6 nitrogen and oxygen atoms in total.